The van der Waals surface area contributed by atoms with E-state index in [2.05, 4.69) is 17.3 Å². The van der Waals surface area contributed by atoms with Crippen LogP contribution in [0.1, 0.15) is 32.1 Å². The summed E-state index contributed by atoms with van der Waals surface area (Å²) in [7, 11) is 2.24. The van der Waals surface area contributed by atoms with Gasteiger partial charge >= 0.3 is 0 Å². The number of rotatable bonds is 7. The molecule has 3 nitrogen and oxygen atoms in total. The van der Waals surface area contributed by atoms with Gasteiger partial charge in [0.2, 0.25) is 0 Å². The summed E-state index contributed by atoms with van der Waals surface area (Å²) in [5.74, 6) is 0.989. The second kappa shape index (κ2) is 6.58. The number of ether oxygens (including phenoxy) is 1. The Balaban J connectivity index is 1.43. The van der Waals surface area contributed by atoms with Crippen LogP contribution in [0.15, 0.2) is 0 Å². The first-order valence-corrected chi connectivity index (χ1v) is 6.85. The maximum absolute atomic E-state index is 5.57. The lowest BCUT2D eigenvalue weighted by atomic mass is 9.85. The molecule has 94 valence electrons. The summed E-state index contributed by atoms with van der Waals surface area (Å²) in [6.07, 6.45) is 7.33. The lowest BCUT2D eigenvalue weighted by molar-refractivity contribution is 0.109. The molecule has 1 saturated heterocycles. The summed E-state index contributed by atoms with van der Waals surface area (Å²) in [6.45, 7) is 5.57. The van der Waals surface area contributed by atoms with Crippen LogP contribution in [0.3, 0.4) is 0 Å². The summed E-state index contributed by atoms with van der Waals surface area (Å²) in [6, 6.07) is 0. The fourth-order valence-electron chi connectivity index (χ4n) is 2.55. The van der Waals surface area contributed by atoms with Crippen molar-refractivity contribution < 1.29 is 4.74 Å². The van der Waals surface area contributed by atoms with Gasteiger partial charge in [-0.1, -0.05) is 6.42 Å². The van der Waals surface area contributed by atoms with Crippen LogP contribution in [0.4, 0.5) is 0 Å². The molecule has 1 atom stereocenters. The van der Waals surface area contributed by atoms with Gasteiger partial charge in [-0.15, -0.1) is 0 Å². The summed E-state index contributed by atoms with van der Waals surface area (Å²) in [5.41, 5.74) is 0. The largest absolute Gasteiger partial charge is 0.377 e. The summed E-state index contributed by atoms with van der Waals surface area (Å²) in [4.78, 5) is 2.46. The van der Waals surface area contributed by atoms with Crippen molar-refractivity contribution in [2.24, 2.45) is 5.92 Å². The smallest absolute Gasteiger partial charge is 0.0700 e. The van der Waals surface area contributed by atoms with Crippen molar-refractivity contribution in [3.8, 4) is 0 Å². The van der Waals surface area contributed by atoms with Crippen molar-refractivity contribution in [3.63, 3.8) is 0 Å². The van der Waals surface area contributed by atoms with Crippen LogP contribution in [0, 0.1) is 5.92 Å². The molecule has 0 aromatic heterocycles. The highest BCUT2D eigenvalue weighted by molar-refractivity contribution is 4.73. The van der Waals surface area contributed by atoms with Gasteiger partial charge in [-0.2, -0.15) is 0 Å². The molecule has 1 aliphatic carbocycles. The first-order valence-electron chi connectivity index (χ1n) is 6.85. The van der Waals surface area contributed by atoms with Gasteiger partial charge < -0.3 is 15.0 Å². The highest BCUT2D eigenvalue weighted by atomic mass is 16.5. The van der Waals surface area contributed by atoms with Crippen molar-refractivity contribution in [2.75, 3.05) is 39.8 Å². The predicted molar refractivity (Wildman–Crippen MR) is 66.7 cm³/mol. The molecule has 0 aromatic carbocycles. The van der Waals surface area contributed by atoms with Crippen molar-refractivity contribution in [2.45, 2.75) is 38.2 Å². The monoisotopic (exact) mass is 226 g/mol. The van der Waals surface area contributed by atoms with Gasteiger partial charge in [0.1, 0.15) is 0 Å². The van der Waals surface area contributed by atoms with Crippen LogP contribution in [0.2, 0.25) is 0 Å². The number of nitrogens with one attached hydrogen (secondary N) is 1. The number of hydrogen-bond acceptors (Lipinski definition) is 3. The molecule has 0 bridgehead atoms. The fraction of sp³-hybridized carbons (Fsp3) is 1.00. The van der Waals surface area contributed by atoms with Gasteiger partial charge in [0, 0.05) is 32.8 Å². The molecule has 2 fully saturated rings. The van der Waals surface area contributed by atoms with Crippen LogP contribution >= 0.6 is 0 Å². The first-order chi connectivity index (χ1) is 7.84. The van der Waals surface area contributed by atoms with Crippen molar-refractivity contribution in [1.29, 1.82) is 0 Å². The van der Waals surface area contributed by atoms with Crippen molar-refractivity contribution >= 4 is 0 Å². The number of hydrogen-bond donors (Lipinski definition) is 1. The van der Waals surface area contributed by atoms with E-state index < -0.39 is 0 Å². The van der Waals surface area contributed by atoms with E-state index in [1.54, 1.807) is 0 Å². The Morgan fingerprint density at radius 1 is 1.25 bits per heavy atom. The zero-order chi connectivity index (χ0) is 11.2. The fourth-order valence-corrected chi connectivity index (χ4v) is 2.55. The zero-order valence-corrected chi connectivity index (χ0v) is 10.6. The maximum Gasteiger partial charge on any atom is 0.0700 e. The molecular formula is C13H26N2O. The van der Waals surface area contributed by atoms with Crippen LogP contribution < -0.4 is 5.32 Å². The van der Waals surface area contributed by atoms with E-state index in [-0.39, 0.29) is 0 Å². The molecule has 16 heavy (non-hydrogen) atoms. The third-order valence-electron chi connectivity index (χ3n) is 3.86. The minimum Gasteiger partial charge on any atom is -0.377 e. The molecule has 1 saturated carbocycles. The molecule has 0 radical (unpaired) electrons. The molecular weight excluding hydrogens is 200 g/mol. The van der Waals surface area contributed by atoms with E-state index in [1.165, 1.54) is 45.2 Å². The minimum atomic E-state index is 0.483. The highest BCUT2D eigenvalue weighted by Crippen LogP contribution is 2.26. The molecule has 0 amide bonds. The molecule has 2 rings (SSSR count). The predicted octanol–water partition coefficient (Wildman–Crippen LogP) is 1.49. The van der Waals surface area contributed by atoms with Crippen molar-refractivity contribution in [3.05, 3.63) is 0 Å². The third kappa shape index (κ3) is 4.04. The molecule has 1 N–H and O–H groups in total. The first kappa shape index (κ1) is 12.3. The Bertz CT molecular complexity index is 188. The third-order valence-corrected chi connectivity index (χ3v) is 3.86. The normalized spacial score (nSPS) is 26.2. The Kier molecular flexibility index (Phi) is 5.07. The van der Waals surface area contributed by atoms with Crippen molar-refractivity contribution in [1.82, 2.24) is 10.2 Å². The van der Waals surface area contributed by atoms with Crippen LogP contribution in [-0.2, 0) is 4.74 Å². The highest BCUT2D eigenvalue weighted by Gasteiger charge is 2.19. The van der Waals surface area contributed by atoms with Gasteiger partial charge in [0.25, 0.3) is 0 Å². The van der Waals surface area contributed by atoms with Gasteiger partial charge in [-0.3, -0.25) is 0 Å². The second-order valence-corrected chi connectivity index (χ2v) is 5.40. The Morgan fingerprint density at radius 2 is 2.12 bits per heavy atom. The second-order valence-electron chi connectivity index (χ2n) is 5.40. The van der Waals surface area contributed by atoms with Crippen LogP contribution in [0.25, 0.3) is 0 Å². The van der Waals surface area contributed by atoms with Gasteiger partial charge in [0.05, 0.1) is 6.10 Å². The molecule has 1 heterocycles. The van der Waals surface area contributed by atoms with Crippen LogP contribution in [-0.4, -0.2) is 50.8 Å². The number of likely N-dealkylation sites (N-methyl/N-ethyl adjacent to an activating group) is 1. The Morgan fingerprint density at radius 3 is 2.75 bits per heavy atom. The van der Waals surface area contributed by atoms with Gasteiger partial charge in [0.15, 0.2) is 0 Å². The van der Waals surface area contributed by atoms with Gasteiger partial charge in [-0.25, -0.2) is 0 Å². The maximum atomic E-state index is 5.57. The lowest BCUT2D eigenvalue weighted by Crippen LogP contribution is -2.36. The summed E-state index contributed by atoms with van der Waals surface area (Å²) in [5, 5.41) is 3.50. The quantitative estimate of drug-likeness (QED) is 0.666. The van der Waals surface area contributed by atoms with Crippen LogP contribution in [0.5, 0.6) is 0 Å². The zero-order valence-electron chi connectivity index (χ0n) is 10.6. The summed E-state index contributed by atoms with van der Waals surface area (Å²) >= 11 is 0. The molecule has 2 aliphatic rings. The molecule has 0 aromatic rings. The Hall–Kier alpha value is -0.120. The average Bonchev–Trinajstić information content (AvgIpc) is 2.71. The molecule has 1 aliphatic heterocycles. The SMILES string of the molecule is CN(CCNCC1CCCO1)CC1CCC1. The minimum absolute atomic E-state index is 0.483. The van der Waals surface area contributed by atoms with E-state index in [9.17, 15) is 0 Å². The van der Waals surface area contributed by atoms with E-state index >= 15 is 0 Å². The van der Waals surface area contributed by atoms with E-state index in [4.69, 9.17) is 4.74 Å². The molecule has 0 spiro atoms. The van der Waals surface area contributed by atoms with E-state index in [0.717, 1.165) is 25.6 Å². The Labute approximate surface area is 99.5 Å². The summed E-state index contributed by atoms with van der Waals surface area (Å²) < 4.78 is 5.57. The standard InChI is InChI=1S/C13H26N2O/c1-15(11-12-4-2-5-12)8-7-14-10-13-6-3-9-16-13/h12-14H,2-11H2,1H3. The molecule has 3 heteroatoms. The molecule has 1 unspecified atom stereocenters. The average molecular weight is 226 g/mol. The lowest BCUT2D eigenvalue weighted by Gasteiger charge is -2.30. The van der Waals surface area contributed by atoms with Gasteiger partial charge in [-0.05, 0) is 38.6 Å². The number of nitrogens with zero attached hydrogens (tertiary/aromatic N) is 1. The van der Waals surface area contributed by atoms with E-state index in [1.807, 2.05) is 0 Å². The topological polar surface area (TPSA) is 24.5 Å². The van der Waals surface area contributed by atoms with E-state index in [0.29, 0.717) is 6.10 Å².